The average Bonchev–Trinajstić information content (AvgIpc) is 2.73. The van der Waals surface area contributed by atoms with Gasteiger partial charge in [0.15, 0.2) is 6.61 Å². The summed E-state index contributed by atoms with van der Waals surface area (Å²) in [5, 5.41) is 6.15. The van der Waals surface area contributed by atoms with Crippen LogP contribution in [0.4, 0.5) is 11.4 Å². The third-order valence-corrected chi connectivity index (χ3v) is 4.65. The number of carbonyl (C=O) groups excluding carboxylic acids is 2. The Bertz CT molecular complexity index is 852. The second-order valence-electron chi connectivity index (χ2n) is 6.48. The van der Waals surface area contributed by atoms with Gasteiger partial charge in [0.25, 0.3) is 11.8 Å². The van der Waals surface area contributed by atoms with Crippen molar-refractivity contribution in [3.05, 3.63) is 53.1 Å². The first-order valence-corrected chi connectivity index (χ1v) is 9.88. The molecule has 1 aliphatic rings. The highest BCUT2D eigenvalue weighted by Gasteiger charge is 2.17. The summed E-state index contributed by atoms with van der Waals surface area (Å²) in [5.41, 5.74) is 2.04. The van der Waals surface area contributed by atoms with Crippen LogP contribution in [0, 0.1) is 0 Å². The number of nitrogens with one attached hydrogen (secondary N) is 2. The summed E-state index contributed by atoms with van der Waals surface area (Å²) in [4.78, 5) is 26.3. The van der Waals surface area contributed by atoms with Crippen LogP contribution in [-0.2, 0) is 9.53 Å². The topological polar surface area (TPSA) is 79.9 Å². The molecule has 2 amide bonds. The van der Waals surface area contributed by atoms with Crippen molar-refractivity contribution in [2.45, 2.75) is 6.92 Å². The molecular formula is C21H24ClN3O4. The number of anilines is 2. The number of morpholine rings is 1. The Morgan fingerprint density at radius 2 is 1.86 bits per heavy atom. The lowest BCUT2D eigenvalue weighted by Gasteiger charge is -2.30. The summed E-state index contributed by atoms with van der Waals surface area (Å²) in [6, 6.07) is 12.1. The number of ether oxygens (including phenoxy) is 2. The fourth-order valence-corrected chi connectivity index (χ4v) is 3.15. The van der Waals surface area contributed by atoms with Gasteiger partial charge in [0.1, 0.15) is 5.75 Å². The molecule has 154 valence electrons. The quantitative estimate of drug-likeness (QED) is 0.724. The van der Waals surface area contributed by atoms with E-state index in [1.54, 1.807) is 30.3 Å². The zero-order chi connectivity index (χ0) is 20.6. The largest absolute Gasteiger partial charge is 0.484 e. The van der Waals surface area contributed by atoms with Crippen molar-refractivity contribution in [3.8, 4) is 5.75 Å². The lowest BCUT2D eigenvalue weighted by Crippen LogP contribution is -2.36. The lowest BCUT2D eigenvalue weighted by atomic mass is 10.1. The van der Waals surface area contributed by atoms with E-state index in [0.717, 1.165) is 18.8 Å². The first-order valence-electron chi connectivity index (χ1n) is 9.50. The highest BCUT2D eigenvalue weighted by molar-refractivity contribution is 6.31. The molecule has 0 unspecified atom stereocenters. The maximum Gasteiger partial charge on any atom is 0.257 e. The molecule has 1 heterocycles. The van der Waals surface area contributed by atoms with Crippen molar-refractivity contribution >= 4 is 34.8 Å². The number of amides is 2. The summed E-state index contributed by atoms with van der Waals surface area (Å²) in [7, 11) is 0. The maximum atomic E-state index is 12.7. The molecule has 0 spiro atoms. The van der Waals surface area contributed by atoms with E-state index in [0.29, 0.717) is 41.8 Å². The van der Waals surface area contributed by atoms with Crippen LogP contribution in [0.3, 0.4) is 0 Å². The van der Waals surface area contributed by atoms with Gasteiger partial charge in [-0.2, -0.15) is 0 Å². The standard InChI is InChI=1S/C21H24ClN3O4/c1-2-23-20(26)14-29-17-6-3-15(4-7-17)21(27)24-18-13-16(22)5-8-19(18)25-9-11-28-12-10-25/h3-8,13H,2,9-12,14H2,1H3,(H,23,26)(H,24,27). The summed E-state index contributed by atoms with van der Waals surface area (Å²) in [6.07, 6.45) is 0. The fraction of sp³-hybridized carbons (Fsp3) is 0.333. The molecule has 1 aliphatic heterocycles. The summed E-state index contributed by atoms with van der Waals surface area (Å²) < 4.78 is 10.8. The Morgan fingerprint density at radius 3 is 2.55 bits per heavy atom. The zero-order valence-electron chi connectivity index (χ0n) is 16.2. The molecule has 0 radical (unpaired) electrons. The van der Waals surface area contributed by atoms with Crippen molar-refractivity contribution in [3.63, 3.8) is 0 Å². The Morgan fingerprint density at radius 1 is 1.14 bits per heavy atom. The minimum Gasteiger partial charge on any atom is -0.484 e. The van der Waals surface area contributed by atoms with Gasteiger partial charge < -0.3 is 25.0 Å². The molecule has 0 aliphatic carbocycles. The van der Waals surface area contributed by atoms with Crippen molar-refractivity contribution in [2.75, 3.05) is 49.7 Å². The van der Waals surface area contributed by atoms with Gasteiger partial charge in [0.05, 0.1) is 24.6 Å². The van der Waals surface area contributed by atoms with Crippen LogP contribution >= 0.6 is 11.6 Å². The van der Waals surface area contributed by atoms with Gasteiger partial charge in [-0.3, -0.25) is 9.59 Å². The molecule has 29 heavy (non-hydrogen) atoms. The van der Waals surface area contributed by atoms with E-state index in [2.05, 4.69) is 15.5 Å². The van der Waals surface area contributed by atoms with Crippen molar-refractivity contribution < 1.29 is 19.1 Å². The first-order chi connectivity index (χ1) is 14.1. The third kappa shape index (κ3) is 5.85. The molecule has 8 heteroatoms. The number of rotatable bonds is 7. The molecule has 2 aromatic carbocycles. The van der Waals surface area contributed by atoms with Crippen molar-refractivity contribution in [2.24, 2.45) is 0 Å². The van der Waals surface area contributed by atoms with E-state index < -0.39 is 0 Å². The minimum atomic E-state index is -0.253. The van der Waals surface area contributed by atoms with Crippen LogP contribution in [-0.4, -0.2) is 51.3 Å². The molecule has 1 fully saturated rings. The molecule has 0 saturated carbocycles. The Hall–Kier alpha value is -2.77. The van der Waals surface area contributed by atoms with Gasteiger partial charge in [-0.25, -0.2) is 0 Å². The number of nitrogens with zero attached hydrogens (tertiary/aromatic N) is 1. The average molecular weight is 418 g/mol. The van der Waals surface area contributed by atoms with Crippen molar-refractivity contribution in [1.29, 1.82) is 0 Å². The van der Waals surface area contributed by atoms with Gasteiger partial charge in [-0.15, -0.1) is 0 Å². The Balaban J connectivity index is 1.67. The van der Waals surface area contributed by atoms with E-state index in [1.807, 2.05) is 19.1 Å². The fourth-order valence-electron chi connectivity index (χ4n) is 2.98. The summed E-state index contributed by atoms with van der Waals surface area (Å²) >= 11 is 6.15. The van der Waals surface area contributed by atoms with Crippen LogP contribution in [0.5, 0.6) is 5.75 Å². The minimum absolute atomic E-state index is 0.0647. The summed E-state index contributed by atoms with van der Waals surface area (Å²) in [5.74, 6) is 0.0764. The first kappa shape index (κ1) is 21.0. The number of likely N-dealkylation sites (N-methyl/N-ethyl adjacent to an activating group) is 1. The predicted molar refractivity (Wildman–Crippen MR) is 113 cm³/mol. The maximum absolute atomic E-state index is 12.7. The van der Waals surface area contributed by atoms with Crippen LogP contribution in [0.25, 0.3) is 0 Å². The predicted octanol–water partition coefficient (Wildman–Crippen LogP) is 2.94. The van der Waals surface area contributed by atoms with E-state index in [1.165, 1.54) is 0 Å². The normalized spacial score (nSPS) is 13.7. The van der Waals surface area contributed by atoms with Crippen LogP contribution in [0.1, 0.15) is 17.3 Å². The zero-order valence-corrected chi connectivity index (χ0v) is 17.0. The molecular weight excluding hydrogens is 394 g/mol. The molecule has 2 N–H and O–H groups in total. The Labute approximate surface area is 174 Å². The number of carbonyl (C=O) groups is 2. The molecule has 1 saturated heterocycles. The number of hydrogen-bond acceptors (Lipinski definition) is 5. The SMILES string of the molecule is CCNC(=O)COc1ccc(C(=O)Nc2cc(Cl)ccc2N2CCOCC2)cc1. The molecule has 0 bridgehead atoms. The van der Waals surface area contributed by atoms with Gasteiger partial charge >= 0.3 is 0 Å². The second kappa shape index (κ2) is 10.1. The van der Waals surface area contributed by atoms with Crippen LogP contribution in [0.2, 0.25) is 5.02 Å². The second-order valence-corrected chi connectivity index (χ2v) is 6.92. The number of benzene rings is 2. The molecule has 7 nitrogen and oxygen atoms in total. The van der Waals surface area contributed by atoms with E-state index in [9.17, 15) is 9.59 Å². The highest BCUT2D eigenvalue weighted by atomic mass is 35.5. The monoisotopic (exact) mass is 417 g/mol. The third-order valence-electron chi connectivity index (χ3n) is 4.42. The van der Waals surface area contributed by atoms with Gasteiger partial charge in [-0.1, -0.05) is 11.6 Å². The lowest BCUT2D eigenvalue weighted by molar-refractivity contribution is -0.122. The number of halogens is 1. The summed E-state index contributed by atoms with van der Waals surface area (Å²) in [6.45, 7) is 5.13. The van der Waals surface area contributed by atoms with Gasteiger partial charge in [0.2, 0.25) is 0 Å². The molecule has 2 aromatic rings. The highest BCUT2D eigenvalue weighted by Crippen LogP contribution is 2.30. The van der Waals surface area contributed by atoms with E-state index >= 15 is 0 Å². The molecule has 0 aromatic heterocycles. The van der Waals surface area contributed by atoms with E-state index in [4.69, 9.17) is 21.1 Å². The molecule has 0 atom stereocenters. The van der Waals surface area contributed by atoms with Crippen molar-refractivity contribution in [1.82, 2.24) is 5.32 Å². The molecule has 3 rings (SSSR count). The van der Waals surface area contributed by atoms with Gasteiger partial charge in [-0.05, 0) is 49.4 Å². The van der Waals surface area contributed by atoms with Gasteiger partial charge in [0, 0.05) is 30.2 Å². The smallest absolute Gasteiger partial charge is 0.257 e. The van der Waals surface area contributed by atoms with Crippen LogP contribution in [0.15, 0.2) is 42.5 Å². The Kier molecular flexibility index (Phi) is 7.32. The van der Waals surface area contributed by atoms with E-state index in [-0.39, 0.29) is 18.4 Å². The number of hydrogen-bond donors (Lipinski definition) is 2. The van der Waals surface area contributed by atoms with Crippen LogP contribution < -0.4 is 20.3 Å².